The van der Waals surface area contributed by atoms with Crippen molar-refractivity contribution in [3.05, 3.63) is 17.8 Å². The number of nitrogens with zero attached hydrogens (tertiary/aromatic N) is 1. The fraction of sp³-hybridized carbons (Fsp3) is 0.583. The maximum Gasteiger partial charge on any atom is 0.498 e. The molecule has 1 aliphatic heterocycles. The van der Waals surface area contributed by atoms with Crippen molar-refractivity contribution in [2.75, 3.05) is 5.73 Å². The average molecular weight is 270 g/mol. The van der Waals surface area contributed by atoms with E-state index in [1.165, 1.54) is 12.1 Å². The zero-order chi connectivity index (χ0) is 14.4. The van der Waals surface area contributed by atoms with E-state index in [9.17, 15) is 8.78 Å². The third-order valence-corrected chi connectivity index (χ3v) is 3.71. The molecule has 0 unspecified atom stereocenters. The van der Waals surface area contributed by atoms with Crippen LogP contribution in [0.4, 0.5) is 14.6 Å². The summed E-state index contributed by atoms with van der Waals surface area (Å²) in [5.41, 5.74) is 4.82. The number of hydrogen-bond acceptors (Lipinski definition) is 4. The van der Waals surface area contributed by atoms with Crippen molar-refractivity contribution < 1.29 is 18.1 Å². The maximum atomic E-state index is 12.5. The van der Waals surface area contributed by atoms with E-state index in [2.05, 4.69) is 4.98 Å². The van der Waals surface area contributed by atoms with Crippen LogP contribution in [0.1, 0.15) is 39.8 Å². The normalized spacial score (nSPS) is 21.1. The average Bonchev–Trinajstić information content (AvgIpc) is 2.47. The van der Waals surface area contributed by atoms with Gasteiger partial charge in [0, 0.05) is 5.46 Å². The van der Waals surface area contributed by atoms with Gasteiger partial charge in [-0.3, -0.25) is 0 Å². The fourth-order valence-corrected chi connectivity index (χ4v) is 1.79. The summed E-state index contributed by atoms with van der Waals surface area (Å²) in [7, 11) is -0.691. The molecule has 0 atom stereocenters. The van der Waals surface area contributed by atoms with Crippen LogP contribution in [-0.4, -0.2) is 23.3 Å². The zero-order valence-corrected chi connectivity index (χ0v) is 11.4. The Kier molecular flexibility index (Phi) is 3.30. The highest BCUT2D eigenvalue weighted by Gasteiger charge is 2.52. The quantitative estimate of drug-likeness (QED) is 0.834. The molecule has 2 heterocycles. The van der Waals surface area contributed by atoms with Crippen LogP contribution >= 0.6 is 0 Å². The third kappa shape index (κ3) is 2.44. The molecule has 2 rings (SSSR count). The molecule has 0 bridgehead atoms. The molecule has 1 saturated heterocycles. The topological polar surface area (TPSA) is 57.4 Å². The summed E-state index contributed by atoms with van der Waals surface area (Å²) in [4.78, 5) is 3.68. The molecule has 0 saturated carbocycles. The van der Waals surface area contributed by atoms with E-state index in [4.69, 9.17) is 15.0 Å². The van der Waals surface area contributed by atoms with Crippen LogP contribution in [0.2, 0.25) is 0 Å². The molecular weight excluding hydrogens is 253 g/mol. The van der Waals surface area contributed by atoms with E-state index in [1.54, 1.807) is 0 Å². The molecule has 4 nitrogen and oxygen atoms in total. The van der Waals surface area contributed by atoms with Gasteiger partial charge in [0.1, 0.15) is 11.5 Å². The lowest BCUT2D eigenvalue weighted by molar-refractivity contribution is 0.00578. The highest BCUT2D eigenvalue weighted by Crippen LogP contribution is 2.36. The zero-order valence-electron chi connectivity index (χ0n) is 11.4. The minimum absolute atomic E-state index is 0.0105. The molecule has 1 aromatic rings. The Hall–Kier alpha value is -1.21. The van der Waals surface area contributed by atoms with Gasteiger partial charge in [-0.15, -0.1) is 0 Å². The van der Waals surface area contributed by atoms with Gasteiger partial charge in [0.25, 0.3) is 6.43 Å². The van der Waals surface area contributed by atoms with Gasteiger partial charge in [-0.2, -0.15) is 0 Å². The van der Waals surface area contributed by atoms with Crippen molar-refractivity contribution in [3.8, 4) is 0 Å². The van der Waals surface area contributed by atoms with Crippen LogP contribution < -0.4 is 11.2 Å². The number of pyridine rings is 1. The lowest BCUT2D eigenvalue weighted by Crippen LogP contribution is -2.41. The SMILES string of the molecule is CC1(C)OB(c2ccc(C(F)F)nc2N)OC1(C)C. The van der Waals surface area contributed by atoms with Gasteiger partial charge < -0.3 is 15.0 Å². The first kappa shape index (κ1) is 14.2. The molecule has 0 amide bonds. The molecule has 0 aliphatic carbocycles. The highest BCUT2D eigenvalue weighted by atomic mass is 19.3. The number of nitrogens with two attached hydrogens (primary N) is 1. The number of halogens is 2. The largest absolute Gasteiger partial charge is 0.498 e. The monoisotopic (exact) mass is 270 g/mol. The molecule has 1 aromatic heterocycles. The predicted molar refractivity (Wildman–Crippen MR) is 69.3 cm³/mol. The second kappa shape index (κ2) is 4.42. The van der Waals surface area contributed by atoms with E-state index < -0.39 is 24.7 Å². The van der Waals surface area contributed by atoms with Crippen LogP contribution in [0.5, 0.6) is 0 Å². The molecule has 1 fully saturated rings. The van der Waals surface area contributed by atoms with Crippen molar-refractivity contribution >= 4 is 18.4 Å². The van der Waals surface area contributed by atoms with Gasteiger partial charge in [-0.1, -0.05) is 6.07 Å². The van der Waals surface area contributed by atoms with Gasteiger partial charge in [0.15, 0.2) is 0 Å². The lowest BCUT2D eigenvalue weighted by atomic mass is 9.79. The minimum atomic E-state index is -2.64. The van der Waals surface area contributed by atoms with Crippen molar-refractivity contribution in [1.29, 1.82) is 0 Å². The summed E-state index contributed by atoms with van der Waals surface area (Å²) in [6, 6.07) is 2.72. The standard InChI is InChI=1S/C12H17BF2N2O2/c1-11(2)12(3,4)19-13(18-11)7-5-6-8(9(14)15)17-10(7)16/h5-6,9H,1-4H3,(H2,16,17). The van der Waals surface area contributed by atoms with Crippen LogP contribution in [0.15, 0.2) is 12.1 Å². The van der Waals surface area contributed by atoms with Gasteiger partial charge >= 0.3 is 7.12 Å². The summed E-state index contributed by atoms with van der Waals surface area (Å²) in [5.74, 6) is 0.0105. The Morgan fingerprint density at radius 2 is 1.68 bits per heavy atom. The van der Waals surface area contributed by atoms with Gasteiger partial charge in [-0.05, 0) is 33.8 Å². The molecule has 2 N–H and O–H groups in total. The molecule has 7 heteroatoms. The van der Waals surface area contributed by atoms with Gasteiger partial charge in [-0.25, -0.2) is 13.8 Å². The minimum Gasteiger partial charge on any atom is -0.399 e. The first-order valence-corrected chi connectivity index (χ1v) is 6.04. The highest BCUT2D eigenvalue weighted by molar-refractivity contribution is 6.63. The Morgan fingerprint density at radius 1 is 1.16 bits per heavy atom. The lowest BCUT2D eigenvalue weighted by Gasteiger charge is -2.32. The Morgan fingerprint density at radius 3 is 2.11 bits per heavy atom. The van der Waals surface area contributed by atoms with E-state index in [-0.39, 0.29) is 11.5 Å². The van der Waals surface area contributed by atoms with Crippen LogP contribution in [0.25, 0.3) is 0 Å². The van der Waals surface area contributed by atoms with E-state index >= 15 is 0 Å². The van der Waals surface area contributed by atoms with Crippen LogP contribution in [0.3, 0.4) is 0 Å². The maximum absolute atomic E-state index is 12.5. The summed E-state index contributed by atoms with van der Waals surface area (Å²) in [6.45, 7) is 7.63. The summed E-state index contributed by atoms with van der Waals surface area (Å²) in [6.07, 6.45) is -2.64. The van der Waals surface area contributed by atoms with Crippen LogP contribution in [-0.2, 0) is 9.31 Å². The third-order valence-electron chi connectivity index (χ3n) is 3.71. The molecule has 104 valence electrons. The molecule has 0 radical (unpaired) electrons. The fourth-order valence-electron chi connectivity index (χ4n) is 1.79. The first-order valence-electron chi connectivity index (χ1n) is 6.04. The molecule has 19 heavy (non-hydrogen) atoms. The van der Waals surface area contributed by atoms with Crippen molar-refractivity contribution in [3.63, 3.8) is 0 Å². The van der Waals surface area contributed by atoms with E-state index in [0.29, 0.717) is 5.46 Å². The Labute approximate surface area is 111 Å². The number of nitrogen functional groups attached to an aromatic ring is 1. The van der Waals surface area contributed by atoms with Gasteiger partial charge in [0.05, 0.1) is 11.2 Å². The second-order valence-corrected chi connectivity index (χ2v) is 5.60. The summed E-state index contributed by atoms with van der Waals surface area (Å²) in [5, 5.41) is 0. The molecule has 0 aromatic carbocycles. The van der Waals surface area contributed by atoms with Crippen molar-refractivity contribution in [2.24, 2.45) is 0 Å². The van der Waals surface area contributed by atoms with Crippen LogP contribution in [0, 0.1) is 0 Å². The molecule has 0 spiro atoms. The Bertz CT molecular complexity index is 479. The van der Waals surface area contributed by atoms with E-state index in [0.717, 1.165) is 0 Å². The van der Waals surface area contributed by atoms with Crippen molar-refractivity contribution in [1.82, 2.24) is 4.98 Å². The van der Waals surface area contributed by atoms with Gasteiger partial charge in [0.2, 0.25) is 0 Å². The number of hydrogen-bond donors (Lipinski definition) is 1. The Balaban J connectivity index is 2.30. The predicted octanol–water partition coefficient (Wildman–Crippen LogP) is 1.90. The summed E-state index contributed by atoms with van der Waals surface area (Å²) >= 11 is 0. The van der Waals surface area contributed by atoms with E-state index in [1.807, 2.05) is 27.7 Å². The number of anilines is 1. The molecule has 1 aliphatic rings. The first-order chi connectivity index (χ1) is 8.64. The summed E-state index contributed by atoms with van der Waals surface area (Å²) < 4.78 is 36.6. The number of aromatic nitrogens is 1. The molecular formula is C12H17BF2N2O2. The number of alkyl halides is 2. The second-order valence-electron chi connectivity index (χ2n) is 5.60. The number of rotatable bonds is 2. The van der Waals surface area contributed by atoms with Crippen molar-refractivity contribution in [2.45, 2.75) is 45.3 Å². The smallest absolute Gasteiger partial charge is 0.399 e.